The summed E-state index contributed by atoms with van der Waals surface area (Å²) in [5, 5.41) is 0. The lowest BCUT2D eigenvalue weighted by molar-refractivity contribution is 0.0247. The molecule has 1 aliphatic heterocycles. The minimum atomic E-state index is -1.94. The molecule has 0 radical (unpaired) electrons. The van der Waals surface area contributed by atoms with Gasteiger partial charge in [0.2, 0.25) is 0 Å². The molecule has 0 saturated carbocycles. The fourth-order valence-electron chi connectivity index (χ4n) is 5.12. The van der Waals surface area contributed by atoms with E-state index in [1.165, 1.54) is 17.5 Å². The minimum absolute atomic E-state index is 0.247. The first kappa shape index (κ1) is 24.3. The van der Waals surface area contributed by atoms with Crippen molar-refractivity contribution >= 4 is 8.32 Å². The first-order chi connectivity index (χ1) is 15.7. The summed E-state index contributed by atoms with van der Waals surface area (Å²) < 4.78 is 7.62. The lowest BCUT2D eigenvalue weighted by Crippen LogP contribution is -2.55. The van der Waals surface area contributed by atoms with Crippen molar-refractivity contribution in [1.29, 1.82) is 0 Å². The molecule has 0 N–H and O–H groups in total. The Bertz CT molecular complexity index is 838. The number of hydrogen-bond acceptors (Lipinski definition) is 2. The van der Waals surface area contributed by atoms with Crippen molar-refractivity contribution in [2.45, 2.75) is 63.4 Å². The van der Waals surface area contributed by atoms with E-state index in [1.807, 2.05) is 12.2 Å². The van der Waals surface area contributed by atoms with Gasteiger partial charge in [0.15, 0.2) is 8.32 Å². The summed E-state index contributed by atoms with van der Waals surface area (Å²) in [4.78, 5) is 2.51. The van der Waals surface area contributed by atoms with Crippen LogP contribution in [0, 0.1) is 0 Å². The lowest BCUT2D eigenvalue weighted by atomic mass is 9.79. The fraction of sp³-hybridized carbons (Fsp3) is 0.379. The number of nitrogens with zero attached hydrogens (tertiary/aromatic N) is 1. The van der Waals surface area contributed by atoms with Crippen molar-refractivity contribution in [2.75, 3.05) is 6.54 Å². The van der Waals surface area contributed by atoms with Gasteiger partial charge in [-0.25, -0.2) is 0 Å². The van der Waals surface area contributed by atoms with Crippen molar-refractivity contribution < 1.29 is 4.43 Å². The SMILES string of the molecule is C=C/C=C/C=C/N1CCC[C@H]1C(O[Si](CC)(CC)CC)(c1ccccc1)c1ccccc1. The molecule has 3 heteroatoms. The molecule has 1 fully saturated rings. The van der Waals surface area contributed by atoms with E-state index in [4.69, 9.17) is 4.43 Å². The van der Waals surface area contributed by atoms with E-state index in [2.05, 4.69) is 111 Å². The second kappa shape index (κ2) is 11.5. The van der Waals surface area contributed by atoms with Crippen molar-refractivity contribution in [3.63, 3.8) is 0 Å². The maximum absolute atomic E-state index is 7.62. The van der Waals surface area contributed by atoms with Crippen LogP contribution in [0.1, 0.15) is 44.7 Å². The topological polar surface area (TPSA) is 12.5 Å². The van der Waals surface area contributed by atoms with Crippen molar-refractivity contribution in [1.82, 2.24) is 4.90 Å². The molecule has 2 aromatic carbocycles. The van der Waals surface area contributed by atoms with Crippen LogP contribution in [-0.4, -0.2) is 25.8 Å². The first-order valence-electron chi connectivity index (χ1n) is 12.2. The second-order valence-corrected chi connectivity index (χ2v) is 13.4. The van der Waals surface area contributed by atoms with Gasteiger partial charge in [-0.2, -0.15) is 0 Å². The van der Waals surface area contributed by atoms with Gasteiger partial charge in [-0.3, -0.25) is 0 Å². The zero-order chi connectivity index (χ0) is 22.9. The molecule has 1 saturated heterocycles. The van der Waals surface area contributed by atoms with Crippen LogP contribution in [0.5, 0.6) is 0 Å². The molecule has 170 valence electrons. The van der Waals surface area contributed by atoms with Gasteiger partial charge in [-0.05, 0) is 54.4 Å². The Balaban J connectivity index is 2.22. The zero-order valence-corrected chi connectivity index (χ0v) is 21.0. The average Bonchev–Trinajstić information content (AvgIpc) is 3.33. The third kappa shape index (κ3) is 5.00. The van der Waals surface area contributed by atoms with E-state index in [0.29, 0.717) is 0 Å². The summed E-state index contributed by atoms with van der Waals surface area (Å²) in [5.74, 6) is 0. The van der Waals surface area contributed by atoms with Gasteiger partial charge in [0.1, 0.15) is 5.60 Å². The van der Waals surface area contributed by atoms with Gasteiger partial charge in [-0.1, -0.05) is 106 Å². The largest absolute Gasteiger partial charge is 0.401 e. The average molecular weight is 446 g/mol. The Kier molecular flexibility index (Phi) is 8.72. The Morgan fingerprint density at radius 1 is 0.906 bits per heavy atom. The quantitative estimate of drug-likeness (QED) is 0.260. The van der Waals surface area contributed by atoms with Crippen LogP contribution in [0.15, 0.2) is 97.7 Å². The molecule has 3 rings (SSSR count). The normalized spacial score (nSPS) is 17.5. The summed E-state index contributed by atoms with van der Waals surface area (Å²) >= 11 is 0. The van der Waals surface area contributed by atoms with Crippen LogP contribution in [0.2, 0.25) is 18.1 Å². The number of benzene rings is 2. The van der Waals surface area contributed by atoms with E-state index < -0.39 is 13.9 Å². The predicted octanol–water partition coefficient (Wildman–Crippen LogP) is 7.67. The summed E-state index contributed by atoms with van der Waals surface area (Å²) in [6.07, 6.45) is 12.5. The van der Waals surface area contributed by atoms with Crippen LogP contribution in [0.4, 0.5) is 0 Å². The van der Waals surface area contributed by atoms with Gasteiger partial charge in [0.25, 0.3) is 0 Å². The number of likely N-dealkylation sites (tertiary alicyclic amines) is 1. The minimum Gasteiger partial charge on any atom is -0.401 e. The van der Waals surface area contributed by atoms with Crippen LogP contribution in [0.3, 0.4) is 0 Å². The van der Waals surface area contributed by atoms with Crippen molar-refractivity contribution in [2.24, 2.45) is 0 Å². The molecule has 1 aliphatic rings. The Morgan fingerprint density at radius 2 is 1.47 bits per heavy atom. The molecule has 0 unspecified atom stereocenters. The highest BCUT2D eigenvalue weighted by molar-refractivity contribution is 6.73. The molecule has 0 amide bonds. The maximum Gasteiger partial charge on any atom is 0.193 e. The Morgan fingerprint density at radius 3 is 1.97 bits per heavy atom. The summed E-state index contributed by atoms with van der Waals surface area (Å²) in [6, 6.07) is 25.6. The molecule has 0 bridgehead atoms. The van der Waals surface area contributed by atoms with Gasteiger partial charge >= 0.3 is 0 Å². The third-order valence-corrected chi connectivity index (χ3v) is 11.7. The highest BCUT2D eigenvalue weighted by atomic mass is 28.4. The number of hydrogen-bond donors (Lipinski definition) is 0. The molecule has 2 nitrogen and oxygen atoms in total. The molecule has 0 aliphatic carbocycles. The summed E-state index contributed by atoms with van der Waals surface area (Å²) in [7, 11) is -1.94. The molecule has 32 heavy (non-hydrogen) atoms. The Hall–Kier alpha value is -2.36. The summed E-state index contributed by atoms with van der Waals surface area (Å²) in [5.41, 5.74) is 2.05. The zero-order valence-electron chi connectivity index (χ0n) is 20.0. The second-order valence-electron chi connectivity index (χ2n) is 8.67. The molecule has 0 spiro atoms. The highest BCUT2D eigenvalue weighted by Gasteiger charge is 2.51. The van der Waals surface area contributed by atoms with Crippen molar-refractivity contribution in [3.05, 3.63) is 109 Å². The van der Waals surface area contributed by atoms with Crippen LogP contribution in [-0.2, 0) is 10.0 Å². The third-order valence-electron chi connectivity index (χ3n) is 7.12. The molecular formula is C29H39NOSi. The van der Waals surface area contributed by atoms with Crippen LogP contribution >= 0.6 is 0 Å². The smallest absolute Gasteiger partial charge is 0.193 e. The number of allylic oxidation sites excluding steroid dienone is 4. The monoisotopic (exact) mass is 445 g/mol. The van der Waals surface area contributed by atoms with E-state index in [9.17, 15) is 0 Å². The predicted molar refractivity (Wildman–Crippen MR) is 140 cm³/mol. The van der Waals surface area contributed by atoms with E-state index >= 15 is 0 Å². The van der Waals surface area contributed by atoms with Gasteiger partial charge in [-0.15, -0.1) is 0 Å². The lowest BCUT2D eigenvalue weighted by Gasteiger charge is -2.49. The van der Waals surface area contributed by atoms with E-state index in [0.717, 1.165) is 31.1 Å². The summed E-state index contributed by atoms with van der Waals surface area (Å²) in [6.45, 7) is 11.8. The van der Waals surface area contributed by atoms with E-state index in [1.54, 1.807) is 0 Å². The maximum atomic E-state index is 7.62. The molecule has 2 aromatic rings. The Labute approximate surface area is 196 Å². The fourth-order valence-corrected chi connectivity index (χ4v) is 8.11. The molecule has 1 heterocycles. The van der Waals surface area contributed by atoms with Gasteiger partial charge in [0.05, 0.1) is 6.04 Å². The molecular weight excluding hydrogens is 406 g/mol. The number of rotatable bonds is 11. The molecule has 1 atom stereocenters. The van der Waals surface area contributed by atoms with Gasteiger partial charge < -0.3 is 9.33 Å². The highest BCUT2D eigenvalue weighted by Crippen LogP contribution is 2.47. The van der Waals surface area contributed by atoms with E-state index in [-0.39, 0.29) is 6.04 Å². The first-order valence-corrected chi connectivity index (χ1v) is 14.7. The standard InChI is InChI=1S/C29H39NOSi/c1-5-9-10-17-24-30-25-18-23-28(30)29(26-19-13-11-14-20-26,27-21-15-12-16-22-27)31-32(6-2,7-3)8-4/h5,9-17,19-22,24,28H,1,6-8,18,23,25H2,2-4H3/b10-9+,24-17+/t28-/m0/s1. The van der Waals surface area contributed by atoms with Gasteiger partial charge in [0, 0.05) is 6.54 Å². The van der Waals surface area contributed by atoms with Crippen LogP contribution < -0.4 is 0 Å². The van der Waals surface area contributed by atoms with Crippen molar-refractivity contribution in [3.8, 4) is 0 Å². The van der Waals surface area contributed by atoms with Crippen LogP contribution in [0.25, 0.3) is 0 Å². The molecule has 0 aromatic heterocycles.